The zero-order valence-electron chi connectivity index (χ0n) is 21.0. The van der Waals surface area contributed by atoms with Gasteiger partial charge >= 0.3 is 0 Å². The summed E-state index contributed by atoms with van der Waals surface area (Å²) in [5.41, 5.74) is 2.26. The molecule has 1 N–H and O–H groups in total. The first-order chi connectivity index (χ1) is 17.9. The van der Waals surface area contributed by atoms with Crippen LogP contribution in [0.15, 0.2) is 55.0 Å². The van der Waals surface area contributed by atoms with Gasteiger partial charge in [0.05, 0.1) is 35.5 Å². The van der Waals surface area contributed by atoms with E-state index in [1.165, 1.54) is 24.4 Å². The van der Waals surface area contributed by atoms with E-state index in [4.69, 9.17) is 4.74 Å². The number of carbonyl (C=O) groups is 3. The third-order valence-corrected chi connectivity index (χ3v) is 6.73. The Morgan fingerprint density at radius 1 is 1.14 bits per heavy atom. The fraction of sp³-hybridized carbons (Fsp3) is 0.296. The van der Waals surface area contributed by atoms with Crippen molar-refractivity contribution in [1.82, 2.24) is 29.5 Å². The fourth-order valence-electron chi connectivity index (χ4n) is 4.73. The van der Waals surface area contributed by atoms with Crippen molar-refractivity contribution in [2.75, 3.05) is 26.7 Å². The van der Waals surface area contributed by atoms with E-state index in [0.717, 1.165) is 12.1 Å². The Morgan fingerprint density at radius 2 is 1.92 bits per heavy atom. The quantitative estimate of drug-likeness (QED) is 0.322. The van der Waals surface area contributed by atoms with E-state index < -0.39 is 11.7 Å². The first kappa shape index (κ1) is 24.2. The highest BCUT2D eigenvalue weighted by molar-refractivity contribution is 6.45. The number of aromatic nitrogens is 4. The molecule has 5 rings (SSSR count). The van der Waals surface area contributed by atoms with Crippen molar-refractivity contribution in [2.45, 2.75) is 26.3 Å². The molecule has 4 aromatic rings. The van der Waals surface area contributed by atoms with Crippen LogP contribution in [0.25, 0.3) is 16.7 Å². The topological polar surface area (TPSA) is 113 Å². The number of ether oxygens (including phenoxy) is 1. The van der Waals surface area contributed by atoms with Gasteiger partial charge in [0.2, 0.25) is 0 Å². The Morgan fingerprint density at radius 3 is 2.59 bits per heavy atom. The number of rotatable bonds is 6. The lowest BCUT2D eigenvalue weighted by molar-refractivity contribution is -0.128. The minimum absolute atomic E-state index is 0.0854. The van der Waals surface area contributed by atoms with Crippen molar-refractivity contribution >= 4 is 28.5 Å². The summed E-state index contributed by atoms with van der Waals surface area (Å²) in [6.45, 7) is 4.78. The molecule has 0 spiro atoms. The van der Waals surface area contributed by atoms with Crippen molar-refractivity contribution in [3.05, 3.63) is 71.8 Å². The number of nitrogens with one attached hydrogen (secondary N) is 1. The molecule has 10 nitrogen and oxygen atoms in total. The van der Waals surface area contributed by atoms with Gasteiger partial charge in [-0.3, -0.25) is 14.4 Å². The van der Waals surface area contributed by atoms with E-state index in [-0.39, 0.29) is 30.6 Å². The van der Waals surface area contributed by atoms with Gasteiger partial charge < -0.3 is 19.5 Å². The number of ketones is 1. The van der Waals surface area contributed by atoms with Crippen LogP contribution in [0.4, 0.5) is 0 Å². The minimum Gasteiger partial charge on any atom is -0.494 e. The number of piperazine rings is 1. The zero-order valence-corrected chi connectivity index (χ0v) is 21.0. The summed E-state index contributed by atoms with van der Waals surface area (Å²) in [6.07, 6.45) is 5.62. The Bertz CT molecular complexity index is 1470. The molecule has 37 heavy (non-hydrogen) atoms. The van der Waals surface area contributed by atoms with Gasteiger partial charge in [0.25, 0.3) is 17.6 Å². The number of methoxy groups -OCH3 is 1. The number of hydrogen-bond acceptors (Lipinski definition) is 6. The minimum atomic E-state index is -0.647. The number of pyridine rings is 1. The van der Waals surface area contributed by atoms with Crippen LogP contribution in [-0.2, 0) is 11.2 Å². The molecule has 1 aromatic carbocycles. The predicted molar refractivity (Wildman–Crippen MR) is 137 cm³/mol. The molecular weight excluding hydrogens is 472 g/mol. The van der Waals surface area contributed by atoms with Gasteiger partial charge in [-0.15, -0.1) is 0 Å². The molecule has 1 aliphatic rings. The Balaban J connectivity index is 1.39. The summed E-state index contributed by atoms with van der Waals surface area (Å²) in [5.74, 6) is -0.467. The van der Waals surface area contributed by atoms with E-state index in [1.807, 2.05) is 38.1 Å². The average Bonchev–Trinajstić information content (AvgIpc) is 3.60. The van der Waals surface area contributed by atoms with Crippen LogP contribution in [0.2, 0.25) is 0 Å². The lowest BCUT2D eigenvalue weighted by atomic mass is 10.1. The Hall–Kier alpha value is -4.47. The second-order valence-electron chi connectivity index (χ2n) is 9.00. The SMILES string of the molecule is CCc1ccn(-c2ncc(OC)c3c(C(=O)C(=O)N4CCN(C(=O)c5ccccc5)C(C)C4)c[nH]c23)n1. The normalized spacial score (nSPS) is 15.7. The molecule has 0 aliphatic carbocycles. The van der Waals surface area contributed by atoms with Crippen LogP contribution >= 0.6 is 0 Å². The maximum Gasteiger partial charge on any atom is 0.295 e. The number of fused-ring (bicyclic) bond motifs is 1. The van der Waals surface area contributed by atoms with E-state index in [0.29, 0.717) is 34.6 Å². The average molecular weight is 501 g/mol. The first-order valence-electron chi connectivity index (χ1n) is 12.2. The van der Waals surface area contributed by atoms with Gasteiger partial charge in [0, 0.05) is 43.6 Å². The van der Waals surface area contributed by atoms with Crippen molar-refractivity contribution in [2.24, 2.45) is 0 Å². The maximum atomic E-state index is 13.4. The van der Waals surface area contributed by atoms with Crippen LogP contribution in [-0.4, -0.2) is 79.9 Å². The molecule has 1 unspecified atom stereocenters. The van der Waals surface area contributed by atoms with Gasteiger partial charge in [-0.05, 0) is 31.5 Å². The smallest absolute Gasteiger partial charge is 0.295 e. The lowest BCUT2D eigenvalue weighted by Crippen LogP contribution is -2.56. The van der Waals surface area contributed by atoms with Gasteiger partial charge in [-0.2, -0.15) is 5.10 Å². The van der Waals surface area contributed by atoms with Crippen LogP contribution in [0, 0.1) is 0 Å². The summed E-state index contributed by atoms with van der Waals surface area (Å²) in [5, 5.41) is 5.00. The zero-order chi connectivity index (χ0) is 26.1. The van der Waals surface area contributed by atoms with Crippen molar-refractivity contribution in [3.8, 4) is 11.6 Å². The van der Waals surface area contributed by atoms with E-state index >= 15 is 0 Å². The van der Waals surface area contributed by atoms with Gasteiger partial charge in [-0.25, -0.2) is 9.67 Å². The third-order valence-electron chi connectivity index (χ3n) is 6.73. The summed E-state index contributed by atoms with van der Waals surface area (Å²) < 4.78 is 7.12. The second-order valence-corrected chi connectivity index (χ2v) is 9.00. The molecule has 1 atom stereocenters. The van der Waals surface area contributed by atoms with Gasteiger partial charge in [0.15, 0.2) is 5.82 Å². The summed E-state index contributed by atoms with van der Waals surface area (Å²) in [4.78, 5) is 50.5. The number of aromatic amines is 1. The summed E-state index contributed by atoms with van der Waals surface area (Å²) in [7, 11) is 1.49. The van der Waals surface area contributed by atoms with Crippen LogP contribution < -0.4 is 4.74 Å². The number of carbonyl (C=O) groups excluding carboxylic acids is 3. The molecule has 190 valence electrons. The second kappa shape index (κ2) is 9.88. The number of hydrogen-bond donors (Lipinski definition) is 1. The number of benzene rings is 1. The molecule has 3 aromatic heterocycles. The lowest BCUT2D eigenvalue weighted by Gasteiger charge is -2.39. The number of aryl methyl sites for hydroxylation is 1. The van der Waals surface area contributed by atoms with Crippen molar-refractivity contribution < 1.29 is 19.1 Å². The number of nitrogens with zero attached hydrogens (tertiary/aromatic N) is 5. The van der Waals surface area contributed by atoms with Gasteiger partial charge in [0.1, 0.15) is 5.75 Å². The molecule has 1 aliphatic heterocycles. The molecule has 0 bridgehead atoms. The van der Waals surface area contributed by atoms with Gasteiger partial charge in [-0.1, -0.05) is 25.1 Å². The fourth-order valence-corrected chi connectivity index (χ4v) is 4.73. The number of amides is 2. The predicted octanol–water partition coefficient (Wildman–Crippen LogP) is 2.88. The Labute approximate surface area is 213 Å². The standard InChI is InChI=1S/C27H28N6O4/c1-4-19-10-11-33(30-19)25-23-22(21(37-3)15-29-25)20(14-28-23)24(34)27(36)31-12-13-32(17(2)16-31)26(35)18-8-6-5-7-9-18/h5-11,14-15,17,28H,4,12-13,16H2,1-3H3. The van der Waals surface area contributed by atoms with Crippen molar-refractivity contribution in [3.63, 3.8) is 0 Å². The summed E-state index contributed by atoms with van der Waals surface area (Å²) >= 11 is 0. The molecule has 0 radical (unpaired) electrons. The largest absolute Gasteiger partial charge is 0.494 e. The molecule has 2 amide bonds. The number of H-pyrrole nitrogens is 1. The monoisotopic (exact) mass is 500 g/mol. The molecule has 0 saturated carbocycles. The highest BCUT2D eigenvalue weighted by atomic mass is 16.5. The summed E-state index contributed by atoms with van der Waals surface area (Å²) in [6, 6.07) is 10.7. The van der Waals surface area contributed by atoms with E-state index in [1.54, 1.807) is 27.9 Å². The Kier molecular flexibility index (Phi) is 6.47. The molecule has 10 heteroatoms. The molecule has 1 saturated heterocycles. The first-order valence-corrected chi connectivity index (χ1v) is 12.2. The molecule has 4 heterocycles. The highest BCUT2D eigenvalue weighted by Crippen LogP contribution is 2.32. The number of Topliss-reactive ketones (excluding diaryl/α,β-unsaturated/α-hetero) is 1. The van der Waals surface area contributed by atoms with Crippen LogP contribution in [0.1, 0.15) is 40.3 Å². The molecule has 1 fully saturated rings. The third kappa shape index (κ3) is 4.35. The van der Waals surface area contributed by atoms with E-state index in [9.17, 15) is 14.4 Å². The van der Waals surface area contributed by atoms with Crippen LogP contribution in [0.3, 0.4) is 0 Å². The van der Waals surface area contributed by atoms with Crippen molar-refractivity contribution in [1.29, 1.82) is 0 Å². The highest BCUT2D eigenvalue weighted by Gasteiger charge is 2.34. The van der Waals surface area contributed by atoms with E-state index in [2.05, 4.69) is 15.1 Å². The molecular formula is C27H28N6O4. The maximum absolute atomic E-state index is 13.4. The van der Waals surface area contributed by atoms with Crippen LogP contribution in [0.5, 0.6) is 5.75 Å².